The summed E-state index contributed by atoms with van der Waals surface area (Å²) in [7, 11) is 0. The summed E-state index contributed by atoms with van der Waals surface area (Å²) < 4.78 is 27.8. The molecule has 2 aromatic rings. The topological polar surface area (TPSA) is 0 Å². The third kappa shape index (κ3) is 3.15. The van der Waals surface area contributed by atoms with Gasteiger partial charge in [-0.1, -0.05) is 64.6 Å². The lowest BCUT2D eigenvalue weighted by molar-refractivity contribution is 0.150. The summed E-state index contributed by atoms with van der Waals surface area (Å²) in [6.45, 7) is 12.9. The molecule has 0 amide bonds. The molecule has 0 radical (unpaired) electrons. The second kappa shape index (κ2) is 6.09. The number of benzene rings is 2. The molecule has 0 aromatic heterocycles. The Bertz CT molecular complexity index is 798. The molecule has 0 atom stereocenters. The molecule has 0 fully saturated rings. The van der Waals surface area contributed by atoms with Gasteiger partial charge in [-0.3, -0.25) is 0 Å². The molecular formula is C23H26F2. The molecule has 1 aliphatic rings. The first kappa shape index (κ1) is 17.8. The van der Waals surface area contributed by atoms with Gasteiger partial charge in [-0.25, -0.2) is 8.78 Å². The first-order valence-electron chi connectivity index (χ1n) is 8.85. The van der Waals surface area contributed by atoms with Crippen molar-refractivity contribution in [2.75, 3.05) is 0 Å². The first-order chi connectivity index (χ1) is 11.6. The second-order valence-electron chi connectivity index (χ2n) is 8.40. The van der Waals surface area contributed by atoms with E-state index in [9.17, 15) is 8.78 Å². The highest BCUT2D eigenvalue weighted by Gasteiger charge is 2.38. The lowest BCUT2D eigenvalue weighted by atomic mass is 9.62. The summed E-state index contributed by atoms with van der Waals surface area (Å²) in [4.78, 5) is 0. The summed E-state index contributed by atoms with van der Waals surface area (Å²) in [5.74, 6) is 0. The molecule has 2 aromatic carbocycles. The zero-order valence-electron chi connectivity index (χ0n) is 15.5. The third-order valence-corrected chi connectivity index (χ3v) is 5.71. The van der Waals surface area contributed by atoms with Crippen LogP contribution in [0.2, 0.25) is 0 Å². The summed E-state index contributed by atoms with van der Waals surface area (Å²) in [6, 6.07) is 13.3. The standard InChI is InChI=1S/C23H26F2/c1-15(16-9-7-6-8-10-16)17-13-19-20(14-18(17)21(24)25)23(4,5)12-11-22(19,2)3/h6-10,13-14,21H,1,11-12H2,2-5H3. The predicted octanol–water partition coefficient (Wildman–Crippen LogP) is 7.03. The van der Waals surface area contributed by atoms with Crippen molar-refractivity contribution in [3.05, 3.63) is 76.9 Å². The van der Waals surface area contributed by atoms with Crippen molar-refractivity contribution >= 4 is 5.57 Å². The van der Waals surface area contributed by atoms with Crippen molar-refractivity contribution in [2.45, 2.75) is 57.8 Å². The van der Waals surface area contributed by atoms with Gasteiger partial charge in [0.05, 0.1) is 0 Å². The Kier molecular flexibility index (Phi) is 4.35. The van der Waals surface area contributed by atoms with Crippen LogP contribution >= 0.6 is 0 Å². The van der Waals surface area contributed by atoms with Gasteiger partial charge in [0, 0.05) is 5.56 Å². The van der Waals surface area contributed by atoms with Gasteiger partial charge in [0.2, 0.25) is 0 Å². The maximum atomic E-state index is 13.9. The van der Waals surface area contributed by atoms with E-state index in [-0.39, 0.29) is 16.4 Å². The number of rotatable bonds is 3. The molecule has 0 saturated heterocycles. The number of alkyl halides is 2. The van der Waals surface area contributed by atoms with E-state index in [2.05, 4.69) is 34.3 Å². The molecule has 1 aliphatic carbocycles. The van der Waals surface area contributed by atoms with Gasteiger partial charge < -0.3 is 0 Å². The van der Waals surface area contributed by atoms with Gasteiger partial charge in [0.1, 0.15) is 0 Å². The molecule has 25 heavy (non-hydrogen) atoms. The molecule has 0 nitrogen and oxygen atoms in total. The summed E-state index contributed by atoms with van der Waals surface area (Å²) in [5.41, 5.74) is 4.36. The van der Waals surface area contributed by atoms with Crippen molar-refractivity contribution in [1.29, 1.82) is 0 Å². The zero-order chi connectivity index (χ0) is 18.4. The van der Waals surface area contributed by atoms with Crippen molar-refractivity contribution in [1.82, 2.24) is 0 Å². The molecule has 0 unspecified atom stereocenters. The molecule has 2 heteroatoms. The molecular weight excluding hydrogens is 314 g/mol. The Labute approximate surface area is 149 Å². The second-order valence-corrected chi connectivity index (χ2v) is 8.40. The summed E-state index contributed by atoms with van der Waals surface area (Å²) in [5, 5.41) is 0. The van der Waals surface area contributed by atoms with E-state index in [0.29, 0.717) is 11.1 Å². The smallest absolute Gasteiger partial charge is 0.205 e. The molecule has 3 rings (SSSR count). The summed E-state index contributed by atoms with van der Waals surface area (Å²) >= 11 is 0. The highest BCUT2D eigenvalue weighted by atomic mass is 19.3. The lowest BCUT2D eigenvalue weighted by Crippen LogP contribution is -2.34. The SMILES string of the molecule is C=C(c1ccccc1)c1cc2c(cc1C(F)F)C(C)(C)CCC2(C)C. The Morgan fingerprint density at radius 3 is 1.96 bits per heavy atom. The van der Waals surface area contributed by atoms with E-state index in [4.69, 9.17) is 0 Å². The maximum absolute atomic E-state index is 13.9. The highest BCUT2D eigenvalue weighted by molar-refractivity contribution is 5.81. The molecule has 0 heterocycles. The van der Waals surface area contributed by atoms with Gasteiger partial charge in [-0.2, -0.15) is 0 Å². The van der Waals surface area contributed by atoms with Crippen LogP contribution in [0.5, 0.6) is 0 Å². The zero-order valence-corrected chi connectivity index (χ0v) is 15.5. The van der Waals surface area contributed by atoms with Crippen molar-refractivity contribution < 1.29 is 8.78 Å². The molecule has 0 spiro atoms. The molecule has 0 bridgehead atoms. The van der Waals surface area contributed by atoms with Crippen LogP contribution in [-0.4, -0.2) is 0 Å². The Morgan fingerprint density at radius 2 is 1.44 bits per heavy atom. The minimum absolute atomic E-state index is 0.0166. The minimum Gasteiger partial charge on any atom is -0.205 e. The fourth-order valence-corrected chi connectivity index (χ4v) is 3.87. The first-order valence-corrected chi connectivity index (χ1v) is 8.85. The predicted molar refractivity (Wildman–Crippen MR) is 101 cm³/mol. The number of fused-ring (bicyclic) bond motifs is 1. The van der Waals surface area contributed by atoms with Crippen LogP contribution in [0.15, 0.2) is 49.0 Å². The highest BCUT2D eigenvalue weighted by Crippen LogP contribution is 2.48. The van der Waals surface area contributed by atoms with E-state index in [1.807, 2.05) is 36.4 Å². The van der Waals surface area contributed by atoms with E-state index in [0.717, 1.165) is 24.0 Å². The normalized spacial score (nSPS) is 18.0. The van der Waals surface area contributed by atoms with Gasteiger partial charge in [0.15, 0.2) is 0 Å². The van der Waals surface area contributed by atoms with Gasteiger partial charge in [-0.05, 0) is 63.6 Å². The average Bonchev–Trinajstić information content (AvgIpc) is 2.58. The van der Waals surface area contributed by atoms with E-state index in [1.54, 1.807) is 6.07 Å². The molecule has 0 aliphatic heterocycles. The van der Waals surface area contributed by atoms with Crippen LogP contribution in [0.3, 0.4) is 0 Å². The van der Waals surface area contributed by atoms with Crippen LogP contribution in [0.1, 0.15) is 74.8 Å². The van der Waals surface area contributed by atoms with Gasteiger partial charge >= 0.3 is 0 Å². The van der Waals surface area contributed by atoms with Gasteiger partial charge in [0.25, 0.3) is 6.43 Å². The van der Waals surface area contributed by atoms with Crippen LogP contribution < -0.4 is 0 Å². The fraction of sp³-hybridized carbons (Fsp3) is 0.391. The monoisotopic (exact) mass is 340 g/mol. The molecule has 0 saturated carbocycles. The Hall–Kier alpha value is -1.96. The Balaban J connectivity index is 2.24. The Morgan fingerprint density at radius 1 is 0.920 bits per heavy atom. The average molecular weight is 340 g/mol. The van der Waals surface area contributed by atoms with Crippen LogP contribution in [0, 0.1) is 0 Å². The van der Waals surface area contributed by atoms with Crippen LogP contribution in [0.4, 0.5) is 8.78 Å². The lowest BCUT2D eigenvalue weighted by Gasteiger charge is -2.42. The summed E-state index contributed by atoms with van der Waals surface area (Å²) in [6.07, 6.45) is -0.450. The quantitative estimate of drug-likeness (QED) is 0.562. The molecule has 0 N–H and O–H groups in total. The van der Waals surface area contributed by atoms with Crippen LogP contribution in [-0.2, 0) is 10.8 Å². The van der Waals surface area contributed by atoms with Crippen molar-refractivity contribution in [3.8, 4) is 0 Å². The van der Waals surface area contributed by atoms with E-state index in [1.165, 1.54) is 5.56 Å². The van der Waals surface area contributed by atoms with E-state index < -0.39 is 6.43 Å². The van der Waals surface area contributed by atoms with Crippen molar-refractivity contribution in [3.63, 3.8) is 0 Å². The minimum atomic E-state index is -2.51. The maximum Gasteiger partial charge on any atom is 0.264 e. The number of hydrogen-bond acceptors (Lipinski definition) is 0. The van der Waals surface area contributed by atoms with E-state index >= 15 is 0 Å². The number of hydrogen-bond donors (Lipinski definition) is 0. The third-order valence-electron chi connectivity index (χ3n) is 5.71. The fourth-order valence-electron chi connectivity index (χ4n) is 3.87. The van der Waals surface area contributed by atoms with Gasteiger partial charge in [-0.15, -0.1) is 0 Å². The largest absolute Gasteiger partial charge is 0.264 e. The van der Waals surface area contributed by atoms with Crippen molar-refractivity contribution in [2.24, 2.45) is 0 Å². The number of halogens is 2. The molecule has 132 valence electrons. The van der Waals surface area contributed by atoms with Crippen LogP contribution in [0.25, 0.3) is 5.57 Å².